The molecule has 0 spiro atoms. The van der Waals surface area contributed by atoms with Crippen molar-refractivity contribution >= 4 is 11.9 Å². The summed E-state index contributed by atoms with van der Waals surface area (Å²) in [5, 5.41) is 0. The summed E-state index contributed by atoms with van der Waals surface area (Å²) in [7, 11) is 1.29. The van der Waals surface area contributed by atoms with Crippen molar-refractivity contribution in [2.45, 2.75) is 26.4 Å². The van der Waals surface area contributed by atoms with E-state index in [0.29, 0.717) is 18.8 Å². The summed E-state index contributed by atoms with van der Waals surface area (Å²) in [5.74, 6) is -0.750. The van der Waals surface area contributed by atoms with Crippen LogP contribution in [0.4, 0.5) is 0 Å². The Labute approximate surface area is 112 Å². The zero-order chi connectivity index (χ0) is 14.4. The smallest absolute Gasteiger partial charge is 0.325 e. The molecule has 0 radical (unpaired) electrons. The number of rotatable bonds is 6. The average molecular weight is 268 g/mol. The van der Waals surface area contributed by atoms with E-state index in [4.69, 9.17) is 5.73 Å². The molecule has 1 aromatic heterocycles. The fraction of sp³-hybridized carbons (Fsp3) is 0.583. The summed E-state index contributed by atoms with van der Waals surface area (Å²) in [4.78, 5) is 29.0. The normalized spacial score (nSPS) is 10.6. The third-order valence-corrected chi connectivity index (χ3v) is 2.65. The molecular weight excluding hydrogens is 248 g/mol. The van der Waals surface area contributed by atoms with Crippen LogP contribution >= 0.6 is 0 Å². The van der Waals surface area contributed by atoms with Crippen molar-refractivity contribution in [1.29, 1.82) is 0 Å². The molecule has 0 aliphatic carbocycles. The molecule has 7 nitrogen and oxygen atoms in total. The molecule has 0 saturated heterocycles. The quantitative estimate of drug-likeness (QED) is 0.725. The van der Waals surface area contributed by atoms with Gasteiger partial charge in [0.1, 0.15) is 12.2 Å². The van der Waals surface area contributed by atoms with Crippen LogP contribution in [0.1, 0.15) is 24.3 Å². The highest BCUT2D eigenvalue weighted by Crippen LogP contribution is 2.07. The number of carbonyl (C=O) groups is 2. The first-order valence-corrected chi connectivity index (χ1v) is 6.09. The Balaban J connectivity index is 2.83. The summed E-state index contributed by atoms with van der Waals surface area (Å²) in [6.07, 6.45) is 3.18. The monoisotopic (exact) mass is 268 g/mol. The van der Waals surface area contributed by atoms with Crippen molar-refractivity contribution in [2.75, 3.05) is 20.2 Å². The lowest BCUT2D eigenvalue weighted by molar-refractivity contribution is -0.141. The third kappa shape index (κ3) is 4.06. The van der Waals surface area contributed by atoms with E-state index >= 15 is 0 Å². The van der Waals surface area contributed by atoms with E-state index < -0.39 is 5.97 Å². The van der Waals surface area contributed by atoms with Crippen LogP contribution in [0.15, 0.2) is 12.5 Å². The standard InChI is InChI=1S/C12H20N4O3/c1-9(2)16(7-11(17)19-3)12(18)10-6-15(5-4-13)8-14-10/h6,8-9H,4-5,7,13H2,1-3H3. The minimum absolute atomic E-state index is 0.0866. The molecule has 1 aromatic rings. The van der Waals surface area contributed by atoms with Gasteiger partial charge in [-0.15, -0.1) is 0 Å². The first-order valence-electron chi connectivity index (χ1n) is 6.09. The van der Waals surface area contributed by atoms with Crippen molar-refractivity contribution < 1.29 is 14.3 Å². The molecule has 0 saturated carbocycles. The molecule has 0 atom stereocenters. The van der Waals surface area contributed by atoms with Gasteiger partial charge in [-0.2, -0.15) is 0 Å². The Morgan fingerprint density at radius 1 is 1.53 bits per heavy atom. The molecule has 0 fully saturated rings. The number of ether oxygens (including phenoxy) is 1. The summed E-state index contributed by atoms with van der Waals surface area (Å²) < 4.78 is 6.33. The maximum atomic E-state index is 12.3. The van der Waals surface area contributed by atoms with Gasteiger partial charge in [0.15, 0.2) is 0 Å². The van der Waals surface area contributed by atoms with Gasteiger partial charge in [0.25, 0.3) is 5.91 Å². The Kier molecular flexibility index (Phi) is 5.50. The summed E-state index contributed by atoms with van der Waals surface area (Å²) in [5.41, 5.74) is 5.73. The van der Waals surface area contributed by atoms with Crippen LogP contribution in [0, 0.1) is 0 Å². The van der Waals surface area contributed by atoms with Crippen LogP contribution in [-0.2, 0) is 16.1 Å². The molecule has 1 rings (SSSR count). The molecular formula is C12H20N4O3. The van der Waals surface area contributed by atoms with Gasteiger partial charge in [-0.3, -0.25) is 9.59 Å². The number of esters is 1. The fourth-order valence-electron chi connectivity index (χ4n) is 1.58. The van der Waals surface area contributed by atoms with Gasteiger partial charge in [0, 0.05) is 25.3 Å². The largest absolute Gasteiger partial charge is 0.468 e. The molecule has 1 amide bonds. The van der Waals surface area contributed by atoms with Crippen molar-refractivity contribution in [2.24, 2.45) is 5.73 Å². The van der Waals surface area contributed by atoms with E-state index in [1.165, 1.54) is 12.0 Å². The number of nitrogens with two attached hydrogens (primary N) is 1. The van der Waals surface area contributed by atoms with E-state index in [2.05, 4.69) is 9.72 Å². The Morgan fingerprint density at radius 3 is 2.74 bits per heavy atom. The molecule has 2 N–H and O–H groups in total. The topological polar surface area (TPSA) is 90.5 Å². The van der Waals surface area contributed by atoms with Gasteiger partial charge in [-0.25, -0.2) is 4.98 Å². The van der Waals surface area contributed by atoms with E-state index in [-0.39, 0.29) is 18.5 Å². The molecule has 0 aliphatic heterocycles. The highest BCUT2D eigenvalue weighted by molar-refractivity contribution is 5.94. The van der Waals surface area contributed by atoms with Crippen LogP contribution in [-0.4, -0.2) is 52.6 Å². The third-order valence-electron chi connectivity index (χ3n) is 2.65. The summed E-state index contributed by atoms with van der Waals surface area (Å²) in [6.45, 7) is 4.64. The number of hydrogen-bond acceptors (Lipinski definition) is 5. The lowest BCUT2D eigenvalue weighted by Crippen LogP contribution is -2.41. The number of aromatic nitrogens is 2. The van der Waals surface area contributed by atoms with Crippen molar-refractivity contribution in [3.05, 3.63) is 18.2 Å². The molecule has 7 heteroatoms. The predicted molar refractivity (Wildman–Crippen MR) is 69.5 cm³/mol. The van der Waals surface area contributed by atoms with Gasteiger partial charge in [-0.1, -0.05) is 0 Å². The highest BCUT2D eigenvalue weighted by Gasteiger charge is 2.23. The summed E-state index contributed by atoms with van der Waals surface area (Å²) in [6, 6.07) is -0.119. The minimum Gasteiger partial charge on any atom is -0.468 e. The number of carbonyl (C=O) groups excluding carboxylic acids is 2. The number of methoxy groups -OCH3 is 1. The van der Waals surface area contributed by atoms with Gasteiger partial charge in [0.05, 0.1) is 13.4 Å². The van der Waals surface area contributed by atoms with Crippen LogP contribution in [0.2, 0.25) is 0 Å². The second kappa shape index (κ2) is 6.89. The Morgan fingerprint density at radius 2 is 2.21 bits per heavy atom. The number of amides is 1. The van der Waals surface area contributed by atoms with E-state index in [9.17, 15) is 9.59 Å². The SMILES string of the molecule is COC(=O)CN(C(=O)c1cn(CCN)cn1)C(C)C. The van der Waals surface area contributed by atoms with E-state index in [0.717, 1.165) is 0 Å². The first-order chi connectivity index (χ1) is 8.99. The van der Waals surface area contributed by atoms with Gasteiger partial charge >= 0.3 is 5.97 Å². The first kappa shape index (κ1) is 15.2. The van der Waals surface area contributed by atoms with Crippen LogP contribution in [0.3, 0.4) is 0 Å². The predicted octanol–water partition coefficient (Wildman–Crippen LogP) is -0.135. The Bertz CT molecular complexity index is 442. The van der Waals surface area contributed by atoms with E-state index in [1.807, 2.05) is 13.8 Å². The maximum absolute atomic E-state index is 12.3. The molecule has 0 bridgehead atoms. The molecule has 19 heavy (non-hydrogen) atoms. The average Bonchev–Trinajstić information content (AvgIpc) is 2.83. The van der Waals surface area contributed by atoms with E-state index in [1.54, 1.807) is 17.1 Å². The lowest BCUT2D eigenvalue weighted by atomic mass is 10.2. The van der Waals surface area contributed by atoms with Crippen LogP contribution < -0.4 is 5.73 Å². The highest BCUT2D eigenvalue weighted by atomic mass is 16.5. The van der Waals surface area contributed by atoms with Gasteiger partial charge in [0.2, 0.25) is 0 Å². The zero-order valence-electron chi connectivity index (χ0n) is 11.5. The molecule has 106 valence electrons. The molecule has 0 unspecified atom stereocenters. The van der Waals surface area contributed by atoms with Crippen molar-refractivity contribution in [3.63, 3.8) is 0 Å². The van der Waals surface area contributed by atoms with Gasteiger partial charge in [-0.05, 0) is 13.8 Å². The Hall–Kier alpha value is -1.89. The fourth-order valence-corrected chi connectivity index (χ4v) is 1.58. The van der Waals surface area contributed by atoms with Crippen molar-refractivity contribution in [1.82, 2.24) is 14.5 Å². The summed E-state index contributed by atoms with van der Waals surface area (Å²) >= 11 is 0. The number of hydrogen-bond donors (Lipinski definition) is 1. The molecule has 1 heterocycles. The number of nitrogens with zero attached hydrogens (tertiary/aromatic N) is 3. The van der Waals surface area contributed by atoms with Crippen LogP contribution in [0.5, 0.6) is 0 Å². The lowest BCUT2D eigenvalue weighted by Gasteiger charge is -2.24. The molecule has 0 aliphatic rings. The maximum Gasteiger partial charge on any atom is 0.325 e. The zero-order valence-corrected chi connectivity index (χ0v) is 11.5. The van der Waals surface area contributed by atoms with Crippen LogP contribution in [0.25, 0.3) is 0 Å². The molecule has 0 aromatic carbocycles. The van der Waals surface area contributed by atoms with Crippen molar-refractivity contribution in [3.8, 4) is 0 Å². The second-order valence-electron chi connectivity index (χ2n) is 4.39. The second-order valence-corrected chi connectivity index (χ2v) is 4.39. The minimum atomic E-state index is -0.455. The number of imidazole rings is 1. The van der Waals surface area contributed by atoms with Gasteiger partial charge < -0.3 is 19.9 Å².